The lowest BCUT2D eigenvalue weighted by atomic mass is 10.0. The molecule has 2 unspecified atom stereocenters. The Morgan fingerprint density at radius 3 is 2.38 bits per heavy atom. The van der Waals surface area contributed by atoms with Gasteiger partial charge in [0, 0.05) is 30.8 Å². The molecule has 1 aliphatic rings. The SMILES string of the molecule is CCC(=O)Nc1ccc(C(C)NC(=O)C2CC(=O)N(c3ccc(C)cc3)C2)cc1. The largest absolute Gasteiger partial charge is 0.349 e. The van der Waals surface area contributed by atoms with E-state index in [0.29, 0.717) is 13.0 Å². The molecule has 29 heavy (non-hydrogen) atoms. The first-order chi connectivity index (χ1) is 13.9. The molecule has 0 radical (unpaired) electrons. The van der Waals surface area contributed by atoms with Crippen molar-refractivity contribution in [3.8, 4) is 0 Å². The average molecular weight is 393 g/mol. The molecule has 2 aromatic carbocycles. The number of rotatable bonds is 6. The molecule has 2 N–H and O–H groups in total. The monoisotopic (exact) mass is 393 g/mol. The standard InChI is InChI=1S/C23H27N3O3/c1-4-21(27)25-19-9-7-17(8-10-19)16(3)24-23(29)18-13-22(28)26(14-18)20-11-5-15(2)6-12-20/h5-12,16,18H,4,13-14H2,1-3H3,(H,24,29)(H,25,27). The first kappa shape index (κ1) is 20.6. The third-order valence-electron chi connectivity index (χ3n) is 5.22. The zero-order valence-corrected chi connectivity index (χ0v) is 17.1. The zero-order chi connectivity index (χ0) is 21.0. The quantitative estimate of drug-likeness (QED) is 0.787. The highest BCUT2D eigenvalue weighted by Gasteiger charge is 2.35. The first-order valence-corrected chi connectivity index (χ1v) is 9.94. The van der Waals surface area contributed by atoms with Crippen molar-refractivity contribution >= 4 is 29.1 Å². The van der Waals surface area contributed by atoms with Gasteiger partial charge < -0.3 is 15.5 Å². The number of aryl methyl sites for hydroxylation is 1. The number of benzene rings is 2. The van der Waals surface area contributed by atoms with Crippen LogP contribution in [-0.4, -0.2) is 24.3 Å². The number of hydrogen-bond acceptors (Lipinski definition) is 3. The minimum absolute atomic E-state index is 0.0299. The van der Waals surface area contributed by atoms with Gasteiger partial charge in [-0.05, 0) is 43.7 Å². The molecule has 6 nitrogen and oxygen atoms in total. The van der Waals surface area contributed by atoms with E-state index in [1.165, 1.54) is 0 Å². The molecular weight excluding hydrogens is 366 g/mol. The van der Waals surface area contributed by atoms with E-state index in [1.807, 2.05) is 62.4 Å². The Morgan fingerprint density at radius 1 is 1.10 bits per heavy atom. The molecule has 6 heteroatoms. The van der Waals surface area contributed by atoms with Crippen LogP contribution in [0.4, 0.5) is 11.4 Å². The number of carbonyl (C=O) groups excluding carboxylic acids is 3. The summed E-state index contributed by atoms with van der Waals surface area (Å²) in [6.07, 6.45) is 0.641. The van der Waals surface area contributed by atoms with Crippen LogP contribution in [0.1, 0.15) is 43.9 Å². The van der Waals surface area contributed by atoms with Gasteiger partial charge in [0.1, 0.15) is 0 Å². The van der Waals surface area contributed by atoms with Crippen LogP contribution < -0.4 is 15.5 Å². The van der Waals surface area contributed by atoms with Crippen molar-refractivity contribution in [1.82, 2.24) is 5.32 Å². The van der Waals surface area contributed by atoms with Crippen LogP contribution >= 0.6 is 0 Å². The van der Waals surface area contributed by atoms with Crippen LogP contribution in [0.15, 0.2) is 48.5 Å². The Bertz CT molecular complexity index is 891. The minimum Gasteiger partial charge on any atom is -0.349 e. The van der Waals surface area contributed by atoms with Crippen LogP contribution in [-0.2, 0) is 14.4 Å². The Kier molecular flexibility index (Phi) is 6.32. The summed E-state index contributed by atoms with van der Waals surface area (Å²) in [4.78, 5) is 38.2. The van der Waals surface area contributed by atoms with Gasteiger partial charge in [0.05, 0.1) is 12.0 Å². The van der Waals surface area contributed by atoms with E-state index < -0.39 is 0 Å². The van der Waals surface area contributed by atoms with Crippen LogP contribution in [0.2, 0.25) is 0 Å². The van der Waals surface area contributed by atoms with Crippen molar-refractivity contribution in [3.05, 3.63) is 59.7 Å². The van der Waals surface area contributed by atoms with E-state index in [0.717, 1.165) is 22.5 Å². The van der Waals surface area contributed by atoms with E-state index in [2.05, 4.69) is 10.6 Å². The van der Waals surface area contributed by atoms with Crippen molar-refractivity contribution < 1.29 is 14.4 Å². The van der Waals surface area contributed by atoms with Crippen molar-refractivity contribution in [2.75, 3.05) is 16.8 Å². The maximum absolute atomic E-state index is 12.7. The van der Waals surface area contributed by atoms with Crippen molar-refractivity contribution in [2.45, 2.75) is 39.7 Å². The lowest BCUT2D eigenvalue weighted by Crippen LogP contribution is -2.34. The van der Waals surface area contributed by atoms with Gasteiger partial charge in [0.25, 0.3) is 0 Å². The van der Waals surface area contributed by atoms with E-state index in [1.54, 1.807) is 11.8 Å². The smallest absolute Gasteiger partial charge is 0.227 e. The van der Waals surface area contributed by atoms with Gasteiger partial charge in [0.15, 0.2) is 0 Å². The second-order valence-corrected chi connectivity index (χ2v) is 7.49. The molecule has 152 valence electrons. The number of hydrogen-bond donors (Lipinski definition) is 2. The molecule has 1 fully saturated rings. The topological polar surface area (TPSA) is 78.5 Å². The summed E-state index contributed by atoms with van der Waals surface area (Å²) < 4.78 is 0. The van der Waals surface area contributed by atoms with Crippen LogP contribution in [0.5, 0.6) is 0 Å². The minimum atomic E-state index is -0.366. The molecule has 1 saturated heterocycles. The molecule has 0 aliphatic carbocycles. The summed E-state index contributed by atoms with van der Waals surface area (Å²) in [7, 11) is 0. The summed E-state index contributed by atoms with van der Waals surface area (Å²) in [6, 6.07) is 15.0. The van der Waals surface area contributed by atoms with E-state index in [4.69, 9.17) is 0 Å². The molecule has 0 spiro atoms. The fourth-order valence-corrected chi connectivity index (χ4v) is 3.38. The fraction of sp³-hybridized carbons (Fsp3) is 0.348. The molecule has 3 amide bonds. The average Bonchev–Trinajstić information content (AvgIpc) is 3.10. The second kappa shape index (κ2) is 8.90. The highest BCUT2D eigenvalue weighted by molar-refractivity contribution is 6.00. The van der Waals surface area contributed by atoms with Gasteiger partial charge in [-0.3, -0.25) is 14.4 Å². The lowest BCUT2D eigenvalue weighted by Gasteiger charge is -2.19. The fourth-order valence-electron chi connectivity index (χ4n) is 3.38. The number of nitrogens with one attached hydrogen (secondary N) is 2. The van der Waals surface area contributed by atoms with E-state index in [-0.39, 0.29) is 36.1 Å². The Balaban J connectivity index is 1.59. The van der Waals surface area contributed by atoms with Crippen LogP contribution in [0.3, 0.4) is 0 Å². The van der Waals surface area contributed by atoms with Gasteiger partial charge in [-0.2, -0.15) is 0 Å². The van der Waals surface area contributed by atoms with E-state index in [9.17, 15) is 14.4 Å². The van der Waals surface area contributed by atoms with Gasteiger partial charge in [-0.1, -0.05) is 36.8 Å². The van der Waals surface area contributed by atoms with Crippen LogP contribution in [0.25, 0.3) is 0 Å². The van der Waals surface area contributed by atoms with Gasteiger partial charge >= 0.3 is 0 Å². The summed E-state index contributed by atoms with van der Waals surface area (Å²) in [6.45, 7) is 6.10. The number of amides is 3. The third-order valence-corrected chi connectivity index (χ3v) is 5.22. The molecular formula is C23H27N3O3. The third kappa shape index (κ3) is 5.02. The van der Waals surface area contributed by atoms with Crippen molar-refractivity contribution in [3.63, 3.8) is 0 Å². The zero-order valence-electron chi connectivity index (χ0n) is 17.1. The lowest BCUT2D eigenvalue weighted by molar-refractivity contribution is -0.126. The summed E-state index contributed by atoms with van der Waals surface area (Å²) in [5.74, 6) is -0.556. The maximum Gasteiger partial charge on any atom is 0.227 e. The molecule has 0 bridgehead atoms. The molecule has 0 saturated carbocycles. The normalized spacial score (nSPS) is 17.1. The summed E-state index contributed by atoms with van der Waals surface area (Å²) >= 11 is 0. The summed E-state index contributed by atoms with van der Waals surface area (Å²) in [5.41, 5.74) is 3.62. The molecule has 1 heterocycles. The maximum atomic E-state index is 12.7. The van der Waals surface area contributed by atoms with Gasteiger partial charge in [0.2, 0.25) is 17.7 Å². The molecule has 2 atom stereocenters. The second-order valence-electron chi connectivity index (χ2n) is 7.49. The Labute approximate surface area is 171 Å². The van der Waals surface area contributed by atoms with Crippen LogP contribution in [0, 0.1) is 12.8 Å². The Morgan fingerprint density at radius 2 is 1.76 bits per heavy atom. The molecule has 1 aliphatic heterocycles. The molecule has 3 rings (SSSR count). The van der Waals surface area contributed by atoms with Gasteiger partial charge in [-0.15, -0.1) is 0 Å². The number of nitrogens with zero attached hydrogens (tertiary/aromatic N) is 1. The van der Waals surface area contributed by atoms with Crippen molar-refractivity contribution in [2.24, 2.45) is 5.92 Å². The molecule has 2 aromatic rings. The summed E-state index contributed by atoms with van der Waals surface area (Å²) in [5, 5.41) is 5.81. The number of carbonyl (C=O) groups is 3. The predicted octanol–water partition coefficient (Wildman–Crippen LogP) is 3.57. The van der Waals surface area contributed by atoms with Crippen molar-refractivity contribution in [1.29, 1.82) is 0 Å². The highest BCUT2D eigenvalue weighted by Crippen LogP contribution is 2.26. The highest BCUT2D eigenvalue weighted by atomic mass is 16.2. The Hall–Kier alpha value is -3.15. The van der Waals surface area contributed by atoms with Gasteiger partial charge in [-0.25, -0.2) is 0 Å². The first-order valence-electron chi connectivity index (χ1n) is 9.94. The molecule has 0 aromatic heterocycles. The predicted molar refractivity (Wildman–Crippen MR) is 114 cm³/mol. The number of anilines is 2. The van der Waals surface area contributed by atoms with E-state index >= 15 is 0 Å².